The first-order valence-electron chi connectivity index (χ1n) is 23.5. The number of carbonyl (C=O) groups is 3. The summed E-state index contributed by atoms with van der Waals surface area (Å²) in [6.07, 6.45) is 53.2. The molecule has 0 spiro atoms. The topological polar surface area (TPSA) is 92.7 Å². The molecule has 0 bridgehead atoms. The van der Waals surface area contributed by atoms with E-state index in [1.165, 1.54) is 154 Å². The number of ether oxygens (including phenoxy) is 1. The van der Waals surface area contributed by atoms with Crippen LogP contribution in [0.2, 0.25) is 0 Å². The minimum atomic E-state index is -1.02. The zero-order chi connectivity index (χ0) is 39.4. The Morgan fingerprint density at radius 3 is 1.26 bits per heavy atom. The number of aliphatic carboxylic acids is 1. The summed E-state index contributed by atoms with van der Waals surface area (Å²) in [5.41, 5.74) is 0. The summed E-state index contributed by atoms with van der Waals surface area (Å²) in [7, 11) is 0. The molecule has 0 rings (SSSR count). The summed E-state index contributed by atoms with van der Waals surface area (Å²) >= 11 is 0. The van der Waals surface area contributed by atoms with Gasteiger partial charge in [-0.2, -0.15) is 0 Å². The third kappa shape index (κ3) is 42.6. The molecule has 0 saturated carbocycles. The number of hydrogen-bond acceptors (Lipinski definition) is 4. The first-order valence-corrected chi connectivity index (χ1v) is 23.5. The van der Waals surface area contributed by atoms with Crippen molar-refractivity contribution < 1.29 is 24.2 Å². The molecule has 6 nitrogen and oxygen atoms in total. The maximum absolute atomic E-state index is 12.8. The molecule has 0 aliphatic carbocycles. The number of allylic oxidation sites excluding steroid dienone is 4. The molecule has 0 aromatic carbocycles. The Hall–Kier alpha value is -2.11. The molecular formula is C48H89NO5. The van der Waals surface area contributed by atoms with Crippen molar-refractivity contribution in [3.05, 3.63) is 24.3 Å². The molecule has 0 aliphatic heterocycles. The van der Waals surface area contributed by atoms with Crippen molar-refractivity contribution >= 4 is 17.8 Å². The van der Waals surface area contributed by atoms with E-state index in [2.05, 4.69) is 43.5 Å². The van der Waals surface area contributed by atoms with Crippen molar-refractivity contribution in [3.8, 4) is 0 Å². The molecule has 0 aliphatic rings. The summed E-state index contributed by atoms with van der Waals surface area (Å²) in [6, 6.07) is 0. The molecule has 0 aromatic heterocycles. The van der Waals surface area contributed by atoms with E-state index >= 15 is 0 Å². The lowest BCUT2D eigenvalue weighted by Crippen LogP contribution is -2.28. The Balaban J connectivity index is 4.06. The Bertz CT molecular complexity index is 884. The maximum Gasteiger partial charge on any atom is 0.322 e. The molecule has 0 heterocycles. The molecule has 0 saturated heterocycles. The van der Waals surface area contributed by atoms with E-state index in [9.17, 15) is 14.4 Å². The predicted octanol–water partition coefficient (Wildman–Crippen LogP) is 14.7. The lowest BCUT2D eigenvalue weighted by atomic mass is 10.0. The molecule has 54 heavy (non-hydrogen) atoms. The minimum absolute atomic E-state index is 0.00309. The van der Waals surface area contributed by atoms with E-state index < -0.39 is 5.97 Å². The first kappa shape index (κ1) is 51.9. The van der Waals surface area contributed by atoms with E-state index in [1.54, 1.807) is 0 Å². The van der Waals surface area contributed by atoms with Gasteiger partial charge in [0.15, 0.2) is 0 Å². The zero-order valence-corrected chi connectivity index (χ0v) is 35.8. The Morgan fingerprint density at radius 2 is 0.815 bits per heavy atom. The van der Waals surface area contributed by atoms with Crippen molar-refractivity contribution in [3.63, 3.8) is 0 Å². The number of hydrogen-bond donors (Lipinski definition) is 2. The smallest absolute Gasteiger partial charge is 0.322 e. The van der Waals surface area contributed by atoms with Crippen LogP contribution in [0.4, 0.5) is 0 Å². The number of esters is 1. The number of nitrogens with one attached hydrogen (secondary N) is 1. The van der Waals surface area contributed by atoms with E-state index in [0.29, 0.717) is 12.8 Å². The molecule has 0 aromatic rings. The van der Waals surface area contributed by atoms with E-state index in [0.717, 1.165) is 70.6 Å². The molecule has 0 radical (unpaired) electrons. The maximum atomic E-state index is 12.8. The summed E-state index contributed by atoms with van der Waals surface area (Å²) in [5, 5.41) is 11.1. The van der Waals surface area contributed by atoms with Gasteiger partial charge in [-0.25, -0.2) is 0 Å². The number of carbonyl (C=O) groups excluding carboxylic acids is 2. The Labute approximate surface area is 334 Å². The summed E-state index contributed by atoms with van der Waals surface area (Å²) in [5.74, 6) is -1.24. The fraction of sp³-hybridized carbons (Fsp3) is 0.854. The molecule has 1 atom stereocenters. The largest absolute Gasteiger partial charge is 0.480 e. The highest BCUT2D eigenvalue weighted by Gasteiger charge is 2.14. The third-order valence-corrected chi connectivity index (χ3v) is 10.6. The van der Waals surface area contributed by atoms with Gasteiger partial charge in [0.2, 0.25) is 5.91 Å². The second-order valence-electron chi connectivity index (χ2n) is 16.0. The van der Waals surface area contributed by atoms with Crippen molar-refractivity contribution in [2.24, 2.45) is 0 Å². The zero-order valence-electron chi connectivity index (χ0n) is 35.8. The van der Waals surface area contributed by atoms with Crippen molar-refractivity contribution in [2.45, 2.75) is 258 Å². The summed E-state index contributed by atoms with van der Waals surface area (Å²) in [6.45, 7) is 4.23. The number of unbranched alkanes of at least 4 members (excludes halogenated alkanes) is 28. The van der Waals surface area contributed by atoms with Gasteiger partial charge in [0, 0.05) is 12.8 Å². The van der Waals surface area contributed by atoms with E-state index in [1.807, 2.05) is 0 Å². The summed E-state index contributed by atoms with van der Waals surface area (Å²) in [4.78, 5) is 35.1. The number of carboxylic acid groups (broad SMARTS) is 1. The molecular weight excluding hydrogens is 671 g/mol. The van der Waals surface area contributed by atoms with Gasteiger partial charge in [-0.3, -0.25) is 14.4 Å². The SMILES string of the molecule is CCCCCCCC/C=C\CCCC(CCCCCCCC(=O)NCC(=O)O)OC(=O)CCCCCCCCCCC/C=C\CCCCCCCCCC. The lowest BCUT2D eigenvalue weighted by Gasteiger charge is -2.18. The Kier molecular flexibility index (Phi) is 41.9. The number of rotatable bonds is 43. The average Bonchev–Trinajstić information content (AvgIpc) is 3.16. The molecule has 2 N–H and O–H groups in total. The lowest BCUT2D eigenvalue weighted by molar-refractivity contribution is -0.150. The van der Waals surface area contributed by atoms with Crippen LogP contribution in [0.5, 0.6) is 0 Å². The van der Waals surface area contributed by atoms with Gasteiger partial charge in [-0.05, 0) is 83.5 Å². The van der Waals surface area contributed by atoms with Crippen LogP contribution in [0, 0.1) is 0 Å². The van der Waals surface area contributed by atoms with Crippen molar-refractivity contribution in [2.75, 3.05) is 6.54 Å². The average molecular weight is 760 g/mol. The quantitative estimate of drug-likeness (QED) is 0.0367. The van der Waals surface area contributed by atoms with Crippen LogP contribution in [0.25, 0.3) is 0 Å². The predicted molar refractivity (Wildman–Crippen MR) is 231 cm³/mol. The highest BCUT2D eigenvalue weighted by atomic mass is 16.5. The minimum Gasteiger partial charge on any atom is -0.480 e. The van der Waals surface area contributed by atoms with Gasteiger partial charge in [-0.15, -0.1) is 0 Å². The van der Waals surface area contributed by atoms with Crippen LogP contribution < -0.4 is 5.32 Å². The van der Waals surface area contributed by atoms with Crippen LogP contribution in [-0.4, -0.2) is 35.6 Å². The summed E-state index contributed by atoms with van der Waals surface area (Å²) < 4.78 is 6.02. The molecule has 0 fully saturated rings. The molecule has 1 amide bonds. The van der Waals surface area contributed by atoms with Gasteiger partial charge in [0.05, 0.1) is 0 Å². The second-order valence-corrected chi connectivity index (χ2v) is 16.0. The second kappa shape index (κ2) is 43.6. The first-order chi connectivity index (χ1) is 26.5. The van der Waals surface area contributed by atoms with Crippen LogP contribution in [0.1, 0.15) is 251 Å². The standard InChI is InChI=1S/C48H89NO5/c1-3-5-7-9-11-13-15-16-17-18-19-20-21-22-23-24-26-28-30-35-39-43-48(53)54-45(40-36-32-29-27-25-14-12-10-8-6-4-2)41-37-33-31-34-38-42-46(50)49-44-47(51)52/h18-19,27,29,45H,3-17,20-26,28,30-44H2,1-2H3,(H,49,50)(H,51,52)/b19-18-,29-27-. The highest BCUT2D eigenvalue weighted by molar-refractivity contribution is 5.80. The van der Waals surface area contributed by atoms with Crippen LogP contribution in [0.3, 0.4) is 0 Å². The monoisotopic (exact) mass is 760 g/mol. The van der Waals surface area contributed by atoms with E-state index in [4.69, 9.17) is 9.84 Å². The Morgan fingerprint density at radius 1 is 0.463 bits per heavy atom. The van der Waals surface area contributed by atoms with Gasteiger partial charge in [0.25, 0.3) is 0 Å². The van der Waals surface area contributed by atoms with Crippen molar-refractivity contribution in [1.29, 1.82) is 0 Å². The van der Waals surface area contributed by atoms with Gasteiger partial charge < -0.3 is 15.2 Å². The van der Waals surface area contributed by atoms with Gasteiger partial charge in [0.1, 0.15) is 12.6 Å². The van der Waals surface area contributed by atoms with Crippen LogP contribution in [-0.2, 0) is 19.1 Å². The fourth-order valence-corrected chi connectivity index (χ4v) is 7.10. The fourth-order valence-electron chi connectivity index (χ4n) is 7.10. The molecule has 6 heteroatoms. The normalized spacial score (nSPS) is 12.2. The third-order valence-electron chi connectivity index (χ3n) is 10.6. The molecule has 1 unspecified atom stereocenters. The van der Waals surface area contributed by atoms with Gasteiger partial charge >= 0.3 is 11.9 Å². The number of carboxylic acids is 1. The highest BCUT2D eigenvalue weighted by Crippen LogP contribution is 2.18. The number of amides is 1. The molecule has 316 valence electrons. The van der Waals surface area contributed by atoms with E-state index in [-0.39, 0.29) is 24.5 Å². The van der Waals surface area contributed by atoms with Crippen LogP contribution in [0.15, 0.2) is 24.3 Å². The van der Waals surface area contributed by atoms with Gasteiger partial charge in [-0.1, -0.05) is 179 Å². The van der Waals surface area contributed by atoms with Crippen LogP contribution >= 0.6 is 0 Å². The van der Waals surface area contributed by atoms with Crippen molar-refractivity contribution in [1.82, 2.24) is 5.32 Å².